The molecule has 0 rings (SSSR count). The van der Waals surface area contributed by atoms with Crippen LogP contribution in [0.15, 0.2) is 0 Å². The van der Waals surface area contributed by atoms with E-state index in [0.29, 0.717) is 39.6 Å². The van der Waals surface area contributed by atoms with Gasteiger partial charge in [-0.3, -0.25) is 0 Å². The van der Waals surface area contributed by atoms with Crippen molar-refractivity contribution in [3.05, 3.63) is 0 Å². The first-order valence-electron chi connectivity index (χ1n) is 5.16. The fourth-order valence-electron chi connectivity index (χ4n) is 0.827. The average Bonchev–Trinajstić information content (AvgIpc) is 2.29. The van der Waals surface area contributed by atoms with E-state index in [0.717, 1.165) is 0 Å². The molecule has 8 heteroatoms. The molecule has 0 aromatic rings. The molecule has 0 saturated heterocycles. The quantitative estimate of drug-likeness (QED) is 0.356. The van der Waals surface area contributed by atoms with Crippen LogP contribution in [-0.2, 0) is 25.6 Å². The summed E-state index contributed by atoms with van der Waals surface area (Å²) in [5.74, 6) is 0. The van der Waals surface area contributed by atoms with Gasteiger partial charge in [-0.05, 0) is 0 Å². The summed E-state index contributed by atoms with van der Waals surface area (Å²) in [6.45, 7) is 3.04. The van der Waals surface area contributed by atoms with Gasteiger partial charge in [-0.15, -0.1) is 0 Å². The van der Waals surface area contributed by atoms with E-state index >= 15 is 0 Å². The molecule has 100 valence electrons. The zero-order valence-electron chi connectivity index (χ0n) is 10.3. The molecular weight excluding hydrogens is 254 g/mol. The molecule has 0 N–H and O–H groups in total. The molecule has 0 radical (unpaired) electrons. The number of hydrogen-bond acceptors (Lipinski definition) is 6. The van der Waals surface area contributed by atoms with E-state index < -0.39 is 15.1 Å². The molecule has 0 aromatic carbocycles. The summed E-state index contributed by atoms with van der Waals surface area (Å²) >= 11 is -2.07. The topological polar surface area (TPSA) is 55.4 Å². The van der Waals surface area contributed by atoms with Gasteiger partial charge in [0.25, 0.3) is 0 Å². The third-order valence-electron chi connectivity index (χ3n) is 1.62. The van der Waals surface area contributed by atoms with Crippen LogP contribution in [0.2, 0.25) is 0 Å². The SMILES string of the molecule is COCC[O][Al]([O]CCOC)[O]CCOC.[HH].[NaH]. The molecule has 0 unspecified atom stereocenters. The Bertz CT molecular complexity index is 124. The number of ether oxygens (including phenoxy) is 3. The van der Waals surface area contributed by atoms with Crippen molar-refractivity contribution in [1.29, 1.82) is 0 Å². The van der Waals surface area contributed by atoms with Crippen LogP contribution in [0.1, 0.15) is 1.43 Å². The summed E-state index contributed by atoms with van der Waals surface area (Å²) in [6, 6.07) is 0. The van der Waals surface area contributed by atoms with E-state index in [4.69, 9.17) is 25.6 Å². The molecule has 0 spiro atoms. The van der Waals surface area contributed by atoms with Gasteiger partial charge in [0.15, 0.2) is 0 Å². The van der Waals surface area contributed by atoms with Gasteiger partial charge < -0.3 is 25.6 Å². The normalized spacial score (nSPS) is 10.1. The van der Waals surface area contributed by atoms with Crippen molar-refractivity contribution in [1.82, 2.24) is 0 Å². The fraction of sp³-hybridized carbons (Fsp3) is 1.00. The van der Waals surface area contributed by atoms with Crippen molar-refractivity contribution in [2.45, 2.75) is 0 Å². The summed E-state index contributed by atoms with van der Waals surface area (Å²) < 4.78 is 30.9. The number of rotatable bonds is 12. The molecule has 0 atom stereocenters. The molecule has 0 heterocycles. The van der Waals surface area contributed by atoms with Crippen molar-refractivity contribution in [2.24, 2.45) is 0 Å². The second kappa shape index (κ2) is 17.3. The predicted octanol–water partition coefficient (Wildman–Crippen LogP) is -0.442. The van der Waals surface area contributed by atoms with Crippen LogP contribution in [0.5, 0.6) is 0 Å². The maximum absolute atomic E-state index is 5.43. The van der Waals surface area contributed by atoms with Crippen molar-refractivity contribution < 1.29 is 27.0 Å². The van der Waals surface area contributed by atoms with Crippen LogP contribution in [0, 0.1) is 0 Å². The third kappa shape index (κ3) is 15.2. The summed E-state index contributed by atoms with van der Waals surface area (Å²) in [4.78, 5) is 0. The van der Waals surface area contributed by atoms with Crippen LogP contribution < -0.4 is 0 Å². The van der Waals surface area contributed by atoms with E-state index in [1.165, 1.54) is 0 Å². The Morgan fingerprint density at radius 2 is 0.941 bits per heavy atom. The number of methoxy groups -OCH3 is 3. The van der Waals surface area contributed by atoms with Crippen LogP contribution >= 0.6 is 0 Å². The Balaban J connectivity index is -0.00000112. The van der Waals surface area contributed by atoms with Crippen LogP contribution in [0.3, 0.4) is 0 Å². The minimum absolute atomic E-state index is 0. The Morgan fingerprint density at radius 3 is 1.18 bits per heavy atom. The molecule has 0 aromatic heterocycles. The van der Waals surface area contributed by atoms with Gasteiger partial charge in [0, 0.05) is 42.6 Å². The molecule has 0 saturated carbocycles. The zero-order valence-corrected chi connectivity index (χ0v) is 11.4. The molecule has 6 nitrogen and oxygen atoms in total. The van der Waals surface area contributed by atoms with Crippen molar-refractivity contribution in [2.75, 3.05) is 61.0 Å². The fourth-order valence-corrected chi connectivity index (χ4v) is 1.98. The standard InChI is InChI=1S/3C3H7O2.Al.Na.H2.H/c3*1-5-3-2-4;;;;/h3*2-3H2,1H3;;;1H;/q3*-1;+3;;;. The van der Waals surface area contributed by atoms with Crippen LogP contribution in [0.4, 0.5) is 0 Å². The first kappa shape index (κ1) is 20.6. The van der Waals surface area contributed by atoms with Crippen LogP contribution in [0.25, 0.3) is 0 Å². The van der Waals surface area contributed by atoms with Gasteiger partial charge in [-0.25, -0.2) is 0 Å². The van der Waals surface area contributed by atoms with E-state index in [2.05, 4.69) is 0 Å². The zero-order chi connectivity index (χ0) is 12.1. The first-order chi connectivity index (χ1) is 7.85. The molecule has 0 amide bonds. The Morgan fingerprint density at radius 1 is 0.647 bits per heavy atom. The maximum atomic E-state index is 5.43. The summed E-state index contributed by atoms with van der Waals surface area (Å²) in [5.41, 5.74) is 0. The summed E-state index contributed by atoms with van der Waals surface area (Å²) in [7, 11) is 4.87. The first-order valence-corrected chi connectivity index (χ1v) is 6.58. The Labute approximate surface area is 132 Å². The van der Waals surface area contributed by atoms with Crippen molar-refractivity contribution in [3.8, 4) is 0 Å². The monoisotopic (exact) mass is 278 g/mol. The Kier molecular flexibility index (Phi) is 21.0. The second-order valence-electron chi connectivity index (χ2n) is 2.88. The van der Waals surface area contributed by atoms with E-state index in [-0.39, 0.29) is 31.0 Å². The van der Waals surface area contributed by atoms with Crippen molar-refractivity contribution in [3.63, 3.8) is 0 Å². The predicted molar refractivity (Wildman–Crippen MR) is 68.5 cm³/mol. The minimum atomic E-state index is -2.07. The van der Waals surface area contributed by atoms with E-state index in [1.807, 2.05) is 0 Å². The number of hydrogen-bond donors (Lipinski definition) is 0. The average molecular weight is 278 g/mol. The van der Waals surface area contributed by atoms with Crippen LogP contribution in [-0.4, -0.2) is 106 Å². The Hall–Kier alpha value is 1.29. The van der Waals surface area contributed by atoms with E-state index in [9.17, 15) is 0 Å². The molecule has 0 aliphatic heterocycles. The van der Waals surface area contributed by atoms with E-state index in [1.54, 1.807) is 21.3 Å². The molecule has 0 fully saturated rings. The van der Waals surface area contributed by atoms with Gasteiger partial charge in [-0.1, -0.05) is 0 Å². The second-order valence-corrected chi connectivity index (χ2v) is 4.46. The van der Waals surface area contributed by atoms with Gasteiger partial charge >= 0.3 is 44.7 Å². The summed E-state index contributed by atoms with van der Waals surface area (Å²) in [6.07, 6.45) is 0. The van der Waals surface area contributed by atoms with Gasteiger partial charge in [-0.2, -0.15) is 0 Å². The molecule has 17 heavy (non-hydrogen) atoms. The molecule has 0 aliphatic rings. The molecule has 0 bridgehead atoms. The van der Waals surface area contributed by atoms with Gasteiger partial charge in [0.2, 0.25) is 0 Å². The summed E-state index contributed by atoms with van der Waals surface area (Å²) in [5, 5.41) is 0. The molecule has 0 aliphatic carbocycles. The van der Waals surface area contributed by atoms with Crippen molar-refractivity contribution >= 4 is 44.7 Å². The third-order valence-corrected chi connectivity index (χ3v) is 3.15. The molecular formula is C9H24AlNaO6. The van der Waals surface area contributed by atoms with Gasteiger partial charge in [0.05, 0.1) is 19.8 Å². The van der Waals surface area contributed by atoms with Gasteiger partial charge in [0.1, 0.15) is 0 Å².